The second kappa shape index (κ2) is 11.2. The Morgan fingerprint density at radius 2 is 2.04 bits per heavy atom. The van der Waals surface area contributed by atoms with Gasteiger partial charge in [0.15, 0.2) is 11.1 Å². The third-order valence-electron chi connectivity index (χ3n) is 4.11. The predicted octanol–water partition coefficient (Wildman–Crippen LogP) is 3.36. The number of nitrogens with one attached hydrogen (secondary N) is 2. The van der Waals surface area contributed by atoms with Gasteiger partial charge in [-0.1, -0.05) is 6.07 Å². The molecule has 2 aromatic rings. The zero-order chi connectivity index (χ0) is 17.6. The van der Waals surface area contributed by atoms with Crippen molar-refractivity contribution in [2.75, 3.05) is 26.1 Å². The molecule has 0 bridgehead atoms. The molecule has 2 heterocycles. The Kier molecular flexibility index (Phi) is 9.65. The number of guanidine groups is 1. The largest absolute Gasteiger partial charge is 0.496 e. The Balaban J connectivity index is 0.00000182. The van der Waals surface area contributed by atoms with Crippen LogP contribution in [0.5, 0.6) is 11.5 Å². The Morgan fingerprint density at radius 3 is 2.63 bits per heavy atom. The molecule has 1 aromatic heterocycles. The molecule has 1 atom stereocenters. The number of nitrogens with zero attached hydrogens (tertiary/aromatic N) is 2. The lowest BCUT2D eigenvalue weighted by molar-refractivity contribution is 0.385. The summed E-state index contributed by atoms with van der Waals surface area (Å²) in [6.07, 6.45) is 2.32. The van der Waals surface area contributed by atoms with Crippen LogP contribution in [0.4, 0.5) is 5.13 Å². The summed E-state index contributed by atoms with van der Waals surface area (Å²) in [6.45, 7) is 1.41. The van der Waals surface area contributed by atoms with E-state index in [0.29, 0.717) is 18.5 Å². The maximum atomic E-state index is 6.01. The Morgan fingerprint density at radius 1 is 1.33 bits per heavy atom. The van der Waals surface area contributed by atoms with Gasteiger partial charge in [-0.05, 0) is 31.5 Å². The molecule has 1 saturated heterocycles. The lowest BCUT2D eigenvalue weighted by Crippen LogP contribution is -2.22. The molecule has 27 heavy (non-hydrogen) atoms. The molecule has 150 valence electrons. The molecule has 1 aliphatic heterocycles. The number of halogens is 2. The minimum absolute atomic E-state index is 0. The molecule has 0 spiro atoms. The van der Waals surface area contributed by atoms with Crippen molar-refractivity contribution >= 4 is 47.2 Å². The van der Waals surface area contributed by atoms with E-state index in [1.54, 1.807) is 14.2 Å². The van der Waals surface area contributed by atoms with Crippen molar-refractivity contribution in [2.24, 2.45) is 10.7 Å². The normalized spacial score (nSPS) is 16.2. The first-order chi connectivity index (χ1) is 12.2. The molecule has 0 saturated carbocycles. The van der Waals surface area contributed by atoms with E-state index in [4.69, 9.17) is 15.2 Å². The third kappa shape index (κ3) is 5.87. The van der Waals surface area contributed by atoms with E-state index in [1.165, 1.54) is 17.8 Å². The number of nitrogens with two attached hydrogens (primary N) is 1. The molecule has 0 amide bonds. The fraction of sp³-hybridized carbons (Fsp3) is 0.412. The van der Waals surface area contributed by atoms with Gasteiger partial charge in [0.2, 0.25) is 0 Å². The highest BCUT2D eigenvalue weighted by molar-refractivity contribution is 7.13. The van der Waals surface area contributed by atoms with Gasteiger partial charge in [-0.25, -0.2) is 9.98 Å². The van der Waals surface area contributed by atoms with Crippen LogP contribution < -0.4 is 25.8 Å². The number of aromatic nitrogens is 1. The second-order valence-electron chi connectivity index (χ2n) is 5.69. The Hall–Kier alpha value is -1.74. The zero-order valence-corrected chi connectivity index (χ0v) is 17.7. The molecular weight excluding hydrogens is 409 g/mol. The molecule has 7 nitrogen and oxygen atoms in total. The van der Waals surface area contributed by atoms with Gasteiger partial charge in [0.05, 0.1) is 38.1 Å². The molecule has 0 aliphatic carbocycles. The van der Waals surface area contributed by atoms with Gasteiger partial charge in [0.25, 0.3) is 0 Å². The van der Waals surface area contributed by atoms with Crippen molar-refractivity contribution in [3.05, 3.63) is 34.8 Å². The summed E-state index contributed by atoms with van der Waals surface area (Å²) >= 11 is 1.53. The molecule has 1 unspecified atom stereocenters. The van der Waals surface area contributed by atoms with Crippen LogP contribution in [0, 0.1) is 0 Å². The number of thiazole rings is 1. The average molecular weight is 434 g/mol. The first-order valence-corrected chi connectivity index (χ1v) is 9.05. The minimum atomic E-state index is 0. The number of benzene rings is 1. The lowest BCUT2D eigenvalue weighted by Gasteiger charge is -2.11. The molecule has 0 radical (unpaired) electrons. The van der Waals surface area contributed by atoms with Crippen molar-refractivity contribution in [1.82, 2.24) is 10.3 Å². The first kappa shape index (κ1) is 23.3. The van der Waals surface area contributed by atoms with Crippen molar-refractivity contribution in [3.8, 4) is 11.5 Å². The van der Waals surface area contributed by atoms with E-state index < -0.39 is 0 Å². The standard InChI is InChI=1S/C17H23N5O2S.2ClH/c1-23-14-6-3-7-15(24-2)11(14)9-20-16(18)22-17-21-13(10-25-17)12-5-4-8-19-12;;/h3,6-7,10,12,19H,4-5,8-9H2,1-2H3,(H3,18,20,21,22);2*1H. The minimum Gasteiger partial charge on any atom is -0.496 e. The van der Waals surface area contributed by atoms with Crippen molar-refractivity contribution in [1.29, 1.82) is 0 Å². The fourth-order valence-corrected chi connectivity index (χ4v) is 3.61. The summed E-state index contributed by atoms with van der Waals surface area (Å²) in [7, 11) is 3.25. The topological polar surface area (TPSA) is 93.8 Å². The number of ether oxygens (including phenoxy) is 2. The highest BCUT2D eigenvalue weighted by Gasteiger charge is 2.19. The van der Waals surface area contributed by atoms with E-state index in [-0.39, 0.29) is 24.8 Å². The molecule has 1 aliphatic rings. The van der Waals surface area contributed by atoms with Gasteiger partial charge in [0, 0.05) is 5.38 Å². The molecule has 3 rings (SSSR count). The summed E-state index contributed by atoms with van der Waals surface area (Å²) < 4.78 is 10.7. The van der Waals surface area contributed by atoms with Crippen molar-refractivity contribution in [2.45, 2.75) is 25.4 Å². The molecule has 4 N–H and O–H groups in total. The number of aliphatic imine (C=N–C) groups is 1. The van der Waals surface area contributed by atoms with Gasteiger partial charge < -0.3 is 25.8 Å². The SMILES string of the molecule is COc1cccc(OC)c1CN=C(N)Nc1nc(C2CCCN2)cs1.Cl.Cl. The summed E-state index contributed by atoms with van der Waals surface area (Å²) in [5, 5.41) is 9.30. The maximum Gasteiger partial charge on any atom is 0.195 e. The Bertz CT molecular complexity index is 728. The number of hydrogen-bond donors (Lipinski definition) is 3. The average Bonchev–Trinajstić information content (AvgIpc) is 3.31. The van der Waals surface area contributed by atoms with E-state index >= 15 is 0 Å². The number of hydrogen-bond acceptors (Lipinski definition) is 6. The maximum absolute atomic E-state index is 6.01. The van der Waals surface area contributed by atoms with Crippen LogP contribution in [-0.4, -0.2) is 31.7 Å². The van der Waals surface area contributed by atoms with E-state index in [1.807, 2.05) is 18.2 Å². The van der Waals surface area contributed by atoms with E-state index in [0.717, 1.165) is 40.9 Å². The van der Waals surface area contributed by atoms with Crippen molar-refractivity contribution < 1.29 is 9.47 Å². The zero-order valence-electron chi connectivity index (χ0n) is 15.2. The van der Waals surface area contributed by atoms with Gasteiger partial charge in [-0.2, -0.15) is 0 Å². The highest BCUT2D eigenvalue weighted by Crippen LogP contribution is 2.29. The quantitative estimate of drug-likeness (QED) is 0.477. The van der Waals surface area contributed by atoms with Gasteiger partial charge >= 0.3 is 0 Å². The van der Waals surface area contributed by atoms with Crippen LogP contribution in [0.1, 0.15) is 30.1 Å². The Labute approximate surface area is 175 Å². The summed E-state index contributed by atoms with van der Waals surface area (Å²) in [5.74, 6) is 1.76. The van der Waals surface area contributed by atoms with Gasteiger partial charge in [0.1, 0.15) is 11.5 Å². The molecule has 1 fully saturated rings. The third-order valence-corrected chi connectivity index (χ3v) is 4.89. The number of rotatable bonds is 6. The first-order valence-electron chi connectivity index (χ1n) is 8.17. The smallest absolute Gasteiger partial charge is 0.195 e. The summed E-state index contributed by atoms with van der Waals surface area (Å²) in [4.78, 5) is 8.98. The van der Waals surface area contributed by atoms with Crippen molar-refractivity contribution in [3.63, 3.8) is 0 Å². The van der Waals surface area contributed by atoms with Crippen LogP contribution in [0.2, 0.25) is 0 Å². The summed E-state index contributed by atoms with van der Waals surface area (Å²) in [6, 6.07) is 5.97. The van der Waals surface area contributed by atoms with Gasteiger partial charge in [-0.3, -0.25) is 0 Å². The van der Waals surface area contributed by atoms with Crippen LogP contribution >= 0.6 is 36.2 Å². The van der Waals surface area contributed by atoms with Gasteiger partial charge in [-0.15, -0.1) is 36.2 Å². The highest BCUT2D eigenvalue weighted by atomic mass is 35.5. The number of anilines is 1. The predicted molar refractivity (Wildman–Crippen MR) is 115 cm³/mol. The van der Waals surface area contributed by atoms with Crippen LogP contribution in [0.3, 0.4) is 0 Å². The monoisotopic (exact) mass is 433 g/mol. The van der Waals surface area contributed by atoms with Crippen LogP contribution in [-0.2, 0) is 6.54 Å². The fourth-order valence-electron chi connectivity index (χ4n) is 2.84. The van der Waals surface area contributed by atoms with Crippen LogP contribution in [0.15, 0.2) is 28.6 Å². The molecular formula is C17H25Cl2N5O2S. The van der Waals surface area contributed by atoms with E-state index in [9.17, 15) is 0 Å². The number of methoxy groups -OCH3 is 2. The van der Waals surface area contributed by atoms with Crippen LogP contribution in [0.25, 0.3) is 0 Å². The summed E-state index contributed by atoms with van der Waals surface area (Å²) in [5.41, 5.74) is 7.92. The second-order valence-corrected chi connectivity index (χ2v) is 6.55. The lowest BCUT2D eigenvalue weighted by atomic mass is 10.2. The van der Waals surface area contributed by atoms with E-state index in [2.05, 4.69) is 26.0 Å². The molecule has 10 heteroatoms. The molecule has 1 aromatic carbocycles.